The van der Waals surface area contributed by atoms with Gasteiger partial charge in [-0.1, -0.05) is 6.07 Å². The lowest BCUT2D eigenvalue weighted by molar-refractivity contribution is -0.137. The molecule has 0 spiro atoms. The van der Waals surface area contributed by atoms with Gasteiger partial charge in [0.1, 0.15) is 22.7 Å². The van der Waals surface area contributed by atoms with Gasteiger partial charge in [-0.05, 0) is 99.2 Å². The summed E-state index contributed by atoms with van der Waals surface area (Å²) in [4.78, 5) is 43.8. The predicted molar refractivity (Wildman–Crippen MR) is 158 cm³/mol. The first-order valence-corrected chi connectivity index (χ1v) is 14.0. The van der Waals surface area contributed by atoms with E-state index >= 15 is 0 Å². The van der Waals surface area contributed by atoms with Gasteiger partial charge in [0.05, 0.1) is 10.9 Å². The number of carbonyl (C=O) groups excluding carboxylic acids is 2. The second-order valence-corrected chi connectivity index (χ2v) is 11.6. The van der Waals surface area contributed by atoms with Gasteiger partial charge in [0.25, 0.3) is 0 Å². The Bertz CT molecular complexity index is 1780. The van der Waals surface area contributed by atoms with Crippen LogP contribution < -0.4 is 20.9 Å². The second kappa shape index (κ2) is 12.0. The minimum absolute atomic E-state index is 0.0173. The van der Waals surface area contributed by atoms with Gasteiger partial charge in [-0.25, -0.2) is 9.78 Å². The summed E-state index contributed by atoms with van der Waals surface area (Å²) in [6.07, 6.45) is -2.39. The Morgan fingerprint density at radius 2 is 1.82 bits per heavy atom. The van der Waals surface area contributed by atoms with E-state index in [0.29, 0.717) is 41.8 Å². The molecule has 1 aliphatic rings. The van der Waals surface area contributed by atoms with E-state index in [4.69, 9.17) is 9.47 Å². The van der Waals surface area contributed by atoms with Gasteiger partial charge < -0.3 is 25.1 Å². The Hall–Kier alpha value is -4.87. The molecule has 0 bridgehead atoms. The zero-order valence-electron chi connectivity index (χ0n) is 24.3. The molecule has 5 rings (SSSR count). The van der Waals surface area contributed by atoms with E-state index in [9.17, 15) is 27.6 Å². The molecule has 1 unspecified atom stereocenters. The van der Waals surface area contributed by atoms with Gasteiger partial charge in [-0.3, -0.25) is 9.59 Å². The number of fused-ring (bicyclic) bond motifs is 2. The van der Waals surface area contributed by atoms with E-state index in [-0.39, 0.29) is 23.4 Å². The normalized spacial score (nSPS) is 14.9. The number of rotatable bonds is 6. The largest absolute Gasteiger partial charge is 0.457 e. The molecule has 12 heteroatoms. The molecule has 0 radical (unpaired) electrons. The van der Waals surface area contributed by atoms with Crippen molar-refractivity contribution >= 4 is 28.7 Å². The number of anilines is 1. The number of aromatic nitrogens is 2. The Balaban J connectivity index is 1.30. The van der Waals surface area contributed by atoms with Crippen LogP contribution in [0.1, 0.15) is 49.4 Å². The van der Waals surface area contributed by atoms with Crippen molar-refractivity contribution in [2.45, 2.75) is 58.4 Å². The lowest BCUT2D eigenvalue weighted by Crippen LogP contribution is -2.32. The maximum absolute atomic E-state index is 13.7. The van der Waals surface area contributed by atoms with Gasteiger partial charge in [0, 0.05) is 30.4 Å². The summed E-state index contributed by atoms with van der Waals surface area (Å²) in [5, 5.41) is 5.73. The van der Waals surface area contributed by atoms with Crippen molar-refractivity contribution < 1.29 is 32.2 Å². The molecule has 230 valence electrons. The molecule has 44 heavy (non-hydrogen) atoms. The summed E-state index contributed by atoms with van der Waals surface area (Å²) >= 11 is 0. The number of H-pyrrole nitrogens is 1. The molecule has 2 aromatic heterocycles. The number of nitrogens with one attached hydrogen (secondary N) is 3. The number of hydrogen-bond donors (Lipinski definition) is 3. The van der Waals surface area contributed by atoms with Crippen LogP contribution in [0.3, 0.4) is 0 Å². The van der Waals surface area contributed by atoms with E-state index in [0.717, 1.165) is 23.3 Å². The van der Waals surface area contributed by atoms with Crippen molar-refractivity contribution in [2.24, 2.45) is 5.92 Å². The number of alkyl carbamates (subject to hydrolysis) is 1. The first-order chi connectivity index (χ1) is 20.7. The first kappa shape index (κ1) is 30.6. The van der Waals surface area contributed by atoms with Crippen LogP contribution in [0.4, 0.5) is 23.7 Å². The van der Waals surface area contributed by atoms with Crippen LogP contribution in [-0.2, 0) is 35.1 Å². The average molecular weight is 609 g/mol. The van der Waals surface area contributed by atoms with Crippen molar-refractivity contribution in [3.63, 3.8) is 0 Å². The molecule has 0 saturated heterocycles. The molecular formula is C32H31F3N4O5. The molecule has 1 aliphatic carbocycles. The number of carbonyl (C=O) groups is 2. The third-order valence-electron chi connectivity index (χ3n) is 7.02. The van der Waals surface area contributed by atoms with Gasteiger partial charge in [0.15, 0.2) is 0 Å². The minimum atomic E-state index is -4.66. The Morgan fingerprint density at radius 1 is 1.02 bits per heavy atom. The highest BCUT2D eigenvalue weighted by molar-refractivity contribution is 5.93. The maximum Gasteiger partial charge on any atom is 0.416 e. The SMILES string of the molecule is CC(C)(C)OC(=O)NCc1cc(NC(=O)C2CCc3ccc(Oc4ccnc5[nH]c(=O)ccc45)cc3C2)cc(C(F)(F)F)c1. The van der Waals surface area contributed by atoms with Crippen molar-refractivity contribution in [3.05, 3.63) is 93.4 Å². The fraction of sp³-hybridized carbons (Fsp3) is 0.312. The summed E-state index contributed by atoms with van der Waals surface area (Å²) in [5.41, 5.74) is 0.492. The highest BCUT2D eigenvalue weighted by atomic mass is 19.4. The number of benzene rings is 2. The Morgan fingerprint density at radius 3 is 2.57 bits per heavy atom. The number of aryl methyl sites for hydroxylation is 1. The number of pyridine rings is 2. The van der Waals surface area contributed by atoms with E-state index in [1.807, 2.05) is 18.2 Å². The van der Waals surface area contributed by atoms with Crippen LogP contribution >= 0.6 is 0 Å². The molecule has 4 aromatic rings. The third kappa shape index (κ3) is 7.55. The van der Waals surface area contributed by atoms with E-state index in [2.05, 4.69) is 20.6 Å². The first-order valence-electron chi connectivity index (χ1n) is 14.0. The van der Waals surface area contributed by atoms with Crippen LogP contribution in [0.25, 0.3) is 11.0 Å². The Labute approximate surface area is 250 Å². The topological polar surface area (TPSA) is 122 Å². The third-order valence-corrected chi connectivity index (χ3v) is 7.02. The van der Waals surface area contributed by atoms with Crippen LogP contribution in [0.2, 0.25) is 0 Å². The molecular weight excluding hydrogens is 577 g/mol. The standard InChI is InChI=1S/C32H31F3N4O5/c1-31(2,3)44-30(42)37-17-18-12-22(32(33,34)35)16-23(13-18)38-29(41)20-5-4-19-6-7-24(15-21(19)14-20)43-26-10-11-36-28-25(26)8-9-27(40)39-28/h6-13,15-16,20H,4-5,14,17H2,1-3H3,(H,37,42)(H,38,41)(H,36,39,40). The molecule has 0 saturated carbocycles. The molecule has 2 aromatic carbocycles. The highest BCUT2D eigenvalue weighted by Crippen LogP contribution is 2.35. The monoisotopic (exact) mass is 608 g/mol. The number of hydrogen-bond acceptors (Lipinski definition) is 6. The van der Waals surface area contributed by atoms with Crippen molar-refractivity contribution in [2.75, 3.05) is 5.32 Å². The zero-order valence-corrected chi connectivity index (χ0v) is 24.3. The number of aromatic amines is 1. The lowest BCUT2D eigenvalue weighted by atomic mass is 9.83. The quantitative estimate of drug-likeness (QED) is 0.230. The molecule has 2 heterocycles. The summed E-state index contributed by atoms with van der Waals surface area (Å²) < 4.78 is 52.3. The van der Waals surface area contributed by atoms with Gasteiger partial charge in [0.2, 0.25) is 11.5 Å². The summed E-state index contributed by atoms with van der Waals surface area (Å²) in [5.74, 6) is 0.139. The number of ether oxygens (including phenoxy) is 2. The van der Waals surface area contributed by atoms with Crippen molar-refractivity contribution in [1.82, 2.24) is 15.3 Å². The Kier molecular flexibility index (Phi) is 8.36. The van der Waals surface area contributed by atoms with Crippen molar-refractivity contribution in [1.29, 1.82) is 0 Å². The lowest BCUT2D eigenvalue weighted by Gasteiger charge is -2.25. The van der Waals surface area contributed by atoms with Crippen LogP contribution in [0.15, 0.2) is 65.6 Å². The summed E-state index contributed by atoms with van der Waals surface area (Å²) in [6.45, 7) is 4.81. The number of alkyl halides is 3. The number of nitrogens with zero attached hydrogens (tertiary/aromatic N) is 1. The van der Waals surface area contributed by atoms with E-state index in [1.165, 1.54) is 18.3 Å². The summed E-state index contributed by atoms with van der Waals surface area (Å²) in [6, 6.07) is 13.5. The fourth-order valence-electron chi connectivity index (χ4n) is 5.03. The number of halogens is 3. The molecule has 0 fully saturated rings. The van der Waals surface area contributed by atoms with Gasteiger partial charge in [-0.2, -0.15) is 13.2 Å². The fourth-order valence-corrected chi connectivity index (χ4v) is 5.03. The second-order valence-electron chi connectivity index (χ2n) is 11.6. The van der Waals surface area contributed by atoms with Gasteiger partial charge in [-0.15, -0.1) is 0 Å². The zero-order chi connectivity index (χ0) is 31.6. The highest BCUT2D eigenvalue weighted by Gasteiger charge is 2.32. The maximum atomic E-state index is 13.7. The van der Waals surface area contributed by atoms with E-state index < -0.39 is 35.3 Å². The molecule has 9 nitrogen and oxygen atoms in total. The summed E-state index contributed by atoms with van der Waals surface area (Å²) in [7, 11) is 0. The van der Waals surface area contributed by atoms with E-state index in [1.54, 1.807) is 32.9 Å². The molecule has 1 atom stereocenters. The van der Waals surface area contributed by atoms with Crippen LogP contribution in [-0.4, -0.2) is 27.6 Å². The molecule has 2 amide bonds. The predicted octanol–water partition coefficient (Wildman–Crippen LogP) is 6.50. The van der Waals surface area contributed by atoms with Gasteiger partial charge >= 0.3 is 12.3 Å². The smallest absolute Gasteiger partial charge is 0.416 e. The molecule has 0 aliphatic heterocycles. The van der Waals surface area contributed by atoms with Crippen LogP contribution in [0.5, 0.6) is 11.5 Å². The number of amides is 2. The van der Waals surface area contributed by atoms with Crippen LogP contribution in [0, 0.1) is 5.92 Å². The average Bonchev–Trinajstić information content (AvgIpc) is 2.94. The molecule has 3 N–H and O–H groups in total. The van der Waals surface area contributed by atoms with Crippen molar-refractivity contribution in [3.8, 4) is 11.5 Å². The minimum Gasteiger partial charge on any atom is -0.457 e.